The lowest BCUT2D eigenvalue weighted by atomic mass is 9.94. The minimum Gasteiger partial charge on any atom is -0.507 e. The number of aliphatic hydroxyl groups excluding tert-OH is 1. The van der Waals surface area contributed by atoms with Crippen molar-refractivity contribution in [1.82, 2.24) is 9.80 Å². The van der Waals surface area contributed by atoms with Gasteiger partial charge >= 0.3 is 0 Å². The van der Waals surface area contributed by atoms with Crippen LogP contribution in [0.4, 0.5) is 0 Å². The van der Waals surface area contributed by atoms with Crippen LogP contribution in [0.2, 0.25) is 0 Å². The predicted octanol–water partition coefficient (Wildman–Crippen LogP) is 4.64. The summed E-state index contributed by atoms with van der Waals surface area (Å²) in [6.45, 7) is 6.56. The lowest BCUT2D eigenvalue weighted by Gasteiger charge is -2.29. The maximum Gasteiger partial charge on any atom is 0.295 e. The van der Waals surface area contributed by atoms with Crippen LogP contribution < -0.4 is 18.9 Å². The van der Waals surface area contributed by atoms with Crippen molar-refractivity contribution in [2.24, 2.45) is 0 Å². The molecule has 1 saturated heterocycles. The molecule has 1 N–H and O–H groups in total. The molecular weight excluding hydrogens is 512 g/mol. The van der Waals surface area contributed by atoms with Crippen LogP contribution in [0.25, 0.3) is 16.5 Å². The van der Waals surface area contributed by atoms with Gasteiger partial charge in [-0.2, -0.15) is 0 Å². The van der Waals surface area contributed by atoms with Crippen LogP contribution in [0.15, 0.2) is 54.1 Å². The minimum atomic E-state index is -0.865. The van der Waals surface area contributed by atoms with E-state index in [-0.39, 0.29) is 11.3 Å². The molecule has 4 rings (SSSR count). The molecule has 0 spiro atoms. The lowest BCUT2D eigenvalue weighted by Crippen LogP contribution is -2.38. The van der Waals surface area contributed by atoms with Crippen LogP contribution in [0.1, 0.15) is 31.0 Å². The summed E-state index contributed by atoms with van der Waals surface area (Å²) in [5.74, 6) is 0.199. The zero-order chi connectivity index (χ0) is 29.0. The first-order valence-electron chi connectivity index (χ1n) is 13.2. The Bertz CT molecular complexity index is 1420. The maximum atomic E-state index is 13.6. The number of benzene rings is 3. The van der Waals surface area contributed by atoms with Crippen molar-refractivity contribution in [3.63, 3.8) is 0 Å². The summed E-state index contributed by atoms with van der Waals surface area (Å²) in [6, 6.07) is 13.5. The molecule has 1 atom stereocenters. The fraction of sp³-hybridized carbons (Fsp3) is 0.355. The molecule has 9 nitrogen and oxygen atoms in total. The highest BCUT2D eigenvalue weighted by Crippen LogP contribution is 2.45. The Hall–Kier alpha value is -4.24. The van der Waals surface area contributed by atoms with Gasteiger partial charge in [0, 0.05) is 18.7 Å². The van der Waals surface area contributed by atoms with E-state index in [0.29, 0.717) is 47.2 Å². The Morgan fingerprint density at radius 3 is 2.05 bits per heavy atom. The minimum absolute atomic E-state index is 0.00619. The fourth-order valence-electron chi connectivity index (χ4n) is 5.16. The first-order valence-corrected chi connectivity index (χ1v) is 13.2. The van der Waals surface area contributed by atoms with Crippen molar-refractivity contribution in [3.05, 3.63) is 65.2 Å². The van der Waals surface area contributed by atoms with E-state index in [1.165, 1.54) is 26.2 Å². The number of carbonyl (C=O) groups is 2. The smallest absolute Gasteiger partial charge is 0.295 e. The van der Waals surface area contributed by atoms with Crippen LogP contribution in [-0.4, -0.2) is 81.2 Å². The molecule has 3 aromatic carbocycles. The highest BCUT2D eigenvalue weighted by molar-refractivity contribution is 6.46. The average Bonchev–Trinajstić information content (AvgIpc) is 3.24. The van der Waals surface area contributed by atoms with E-state index in [9.17, 15) is 14.7 Å². The molecule has 1 amide bonds. The molecule has 1 unspecified atom stereocenters. The summed E-state index contributed by atoms with van der Waals surface area (Å²) in [7, 11) is 6.11. The van der Waals surface area contributed by atoms with Gasteiger partial charge in [0.2, 0.25) is 5.75 Å². The number of Topliss-reactive ketones (excluding diaryl/α,β-unsaturated/α-hetero) is 1. The van der Waals surface area contributed by atoms with Gasteiger partial charge in [-0.1, -0.05) is 32.0 Å². The Morgan fingerprint density at radius 2 is 1.48 bits per heavy atom. The van der Waals surface area contributed by atoms with Crippen molar-refractivity contribution in [2.75, 3.05) is 54.6 Å². The summed E-state index contributed by atoms with van der Waals surface area (Å²) < 4.78 is 21.9. The van der Waals surface area contributed by atoms with Gasteiger partial charge in [0.05, 0.1) is 40.1 Å². The number of aliphatic hydroxyl groups is 1. The molecule has 0 aliphatic carbocycles. The molecule has 0 radical (unpaired) electrons. The number of ketones is 1. The first-order chi connectivity index (χ1) is 19.3. The molecule has 9 heteroatoms. The first kappa shape index (κ1) is 28.8. The predicted molar refractivity (Wildman–Crippen MR) is 153 cm³/mol. The van der Waals surface area contributed by atoms with E-state index in [4.69, 9.17) is 18.9 Å². The second kappa shape index (κ2) is 12.3. The summed E-state index contributed by atoms with van der Waals surface area (Å²) in [4.78, 5) is 30.7. The number of carbonyl (C=O) groups excluding carboxylic acids is 2. The van der Waals surface area contributed by atoms with Gasteiger partial charge in [0.1, 0.15) is 11.5 Å². The van der Waals surface area contributed by atoms with Gasteiger partial charge in [-0.15, -0.1) is 0 Å². The molecule has 212 valence electrons. The van der Waals surface area contributed by atoms with E-state index in [1.807, 2.05) is 38.1 Å². The number of ether oxygens (including phenoxy) is 4. The third-order valence-corrected chi connectivity index (χ3v) is 7.42. The Labute approximate surface area is 234 Å². The van der Waals surface area contributed by atoms with Crippen LogP contribution >= 0.6 is 0 Å². The van der Waals surface area contributed by atoms with Crippen molar-refractivity contribution in [1.29, 1.82) is 0 Å². The third-order valence-electron chi connectivity index (χ3n) is 7.42. The van der Waals surface area contributed by atoms with Gasteiger partial charge in [-0.05, 0) is 59.8 Å². The summed E-state index contributed by atoms with van der Waals surface area (Å²) >= 11 is 0. The highest BCUT2D eigenvalue weighted by atomic mass is 16.5. The van der Waals surface area contributed by atoms with Gasteiger partial charge in [0.15, 0.2) is 11.5 Å². The van der Waals surface area contributed by atoms with Crippen molar-refractivity contribution in [3.8, 4) is 23.0 Å². The molecule has 1 aliphatic rings. The quantitative estimate of drug-likeness (QED) is 0.210. The Kier molecular flexibility index (Phi) is 8.84. The van der Waals surface area contributed by atoms with Gasteiger partial charge < -0.3 is 33.9 Å². The molecule has 0 aromatic heterocycles. The number of methoxy groups -OCH3 is 4. The zero-order valence-electron chi connectivity index (χ0n) is 23.8. The average molecular weight is 549 g/mol. The molecule has 0 bridgehead atoms. The summed E-state index contributed by atoms with van der Waals surface area (Å²) in [6.07, 6.45) is 0. The molecule has 40 heavy (non-hydrogen) atoms. The van der Waals surface area contributed by atoms with E-state index in [2.05, 4.69) is 4.90 Å². The van der Waals surface area contributed by atoms with E-state index < -0.39 is 17.7 Å². The Morgan fingerprint density at radius 1 is 0.850 bits per heavy atom. The highest BCUT2D eigenvalue weighted by Gasteiger charge is 2.46. The number of likely N-dealkylation sites (N-methyl/N-ethyl adjacent to an activating group) is 1. The fourth-order valence-corrected chi connectivity index (χ4v) is 5.16. The third kappa shape index (κ3) is 5.29. The number of fused-ring (bicyclic) bond motifs is 1. The second-order valence-corrected chi connectivity index (χ2v) is 9.41. The topological polar surface area (TPSA) is 97.8 Å². The van der Waals surface area contributed by atoms with E-state index in [1.54, 1.807) is 31.4 Å². The largest absolute Gasteiger partial charge is 0.507 e. The SMILES string of the molecule is CCN(CC)CCN1C(=O)C(=O)/C(=C(/O)c2ccc3cc(OC)ccc3c2)C1c1cc(OC)c(OC)c(OC)c1. The summed E-state index contributed by atoms with van der Waals surface area (Å²) in [5.41, 5.74) is 0.990. The van der Waals surface area contributed by atoms with Crippen LogP contribution in [0, 0.1) is 0 Å². The monoisotopic (exact) mass is 548 g/mol. The zero-order valence-corrected chi connectivity index (χ0v) is 23.8. The van der Waals surface area contributed by atoms with Crippen molar-refractivity contribution in [2.45, 2.75) is 19.9 Å². The van der Waals surface area contributed by atoms with E-state index >= 15 is 0 Å². The standard InChI is InChI=1S/C31H36N2O7/c1-7-32(8-2)13-14-33-27(22-17-24(38-4)30(40-6)25(18-22)39-5)26(29(35)31(33)36)28(34)21-10-9-20-16-23(37-3)12-11-19(20)15-21/h9-12,15-18,27,34H,7-8,13-14H2,1-6H3/b28-26+. The van der Waals surface area contributed by atoms with Crippen molar-refractivity contribution < 1.29 is 33.6 Å². The molecule has 1 aliphatic heterocycles. The van der Waals surface area contributed by atoms with Gasteiger partial charge in [-0.25, -0.2) is 0 Å². The lowest BCUT2D eigenvalue weighted by molar-refractivity contribution is -0.140. The van der Waals surface area contributed by atoms with Gasteiger partial charge in [-0.3, -0.25) is 9.59 Å². The van der Waals surface area contributed by atoms with Crippen LogP contribution in [-0.2, 0) is 9.59 Å². The molecule has 0 saturated carbocycles. The number of amides is 1. The normalized spacial score (nSPS) is 16.6. The summed E-state index contributed by atoms with van der Waals surface area (Å²) in [5, 5.41) is 13.4. The molecule has 1 fully saturated rings. The molecular formula is C31H36N2O7. The second-order valence-electron chi connectivity index (χ2n) is 9.41. The van der Waals surface area contributed by atoms with Crippen LogP contribution in [0.5, 0.6) is 23.0 Å². The number of hydrogen-bond donors (Lipinski definition) is 1. The van der Waals surface area contributed by atoms with Crippen LogP contribution in [0.3, 0.4) is 0 Å². The molecule has 3 aromatic rings. The molecule has 1 heterocycles. The number of likely N-dealkylation sites (tertiary alicyclic amines) is 1. The van der Waals surface area contributed by atoms with Gasteiger partial charge in [0.25, 0.3) is 11.7 Å². The number of hydrogen-bond acceptors (Lipinski definition) is 8. The van der Waals surface area contributed by atoms with E-state index in [0.717, 1.165) is 23.9 Å². The van der Waals surface area contributed by atoms with Crippen molar-refractivity contribution >= 4 is 28.2 Å². The maximum absolute atomic E-state index is 13.6. The number of rotatable bonds is 11. The Balaban J connectivity index is 1.90. The number of nitrogens with zero attached hydrogens (tertiary/aromatic N) is 2.